The highest BCUT2D eigenvalue weighted by Crippen LogP contribution is 2.31. The van der Waals surface area contributed by atoms with Gasteiger partial charge in [0.2, 0.25) is 0 Å². The van der Waals surface area contributed by atoms with E-state index in [1.165, 1.54) is 25.7 Å². The van der Waals surface area contributed by atoms with Crippen LogP contribution in [0.1, 0.15) is 48.5 Å². The Labute approximate surface area is 132 Å². The van der Waals surface area contributed by atoms with Gasteiger partial charge in [-0.05, 0) is 38.0 Å². The molecular weight excluding hydrogens is 278 g/mol. The van der Waals surface area contributed by atoms with Gasteiger partial charge in [-0.3, -0.25) is 9.69 Å². The number of carbonyl (C=O) groups is 1. The fourth-order valence-corrected chi connectivity index (χ4v) is 3.71. The summed E-state index contributed by atoms with van der Waals surface area (Å²) in [7, 11) is 1.69. The highest BCUT2D eigenvalue weighted by atomic mass is 16.5. The van der Waals surface area contributed by atoms with Crippen LogP contribution in [0.15, 0.2) is 18.2 Å². The summed E-state index contributed by atoms with van der Waals surface area (Å²) in [5.74, 6) is 0.963. The van der Waals surface area contributed by atoms with E-state index in [4.69, 9.17) is 9.47 Å². The Morgan fingerprint density at radius 3 is 2.95 bits per heavy atom. The van der Waals surface area contributed by atoms with Crippen LogP contribution in [0.5, 0.6) is 5.75 Å². The number of hydrogen-bond acceptors (Lipinski definition) is 4. The standard InChI is InChI=1S/C18H25NO3/c1-13(20)14-7-8-17(21-2)15(11-14)12-19-9-10-22-18-6-4-3-5-16(18)19/h7-8,11,16,18H,3-6,9-10,12H2,1-2H3/t16-,18+/m0/s1. The second-order valence-corrected chi connectivity index (χ2v) is 6.31. The zero-order valence-electron chi connectivity index (χ0n) is 13.5. The third-order valence-corrected chi connectivity index (χ3v) is 4.91. The number of benzene rings is 1. The number of hydrogen-bond donors (Lipinski definition) is 0. The van der Waals surface area contributed by atoms with E-state index in [1.54, 1.807) is 14.0 Å². The molecule has 1 aromatic rings. The number of carbonyl (C=O) groups excluding carboxylic acids is 1. The third kappa shape index (κ3) is 3.18. The molecule has 2 atom stereocenters. The van der Waals surface area contributed by atoms with Crippen molar-refractivity contribution in [3.63, 3.8) is 0 Å². The minimum atomic E-state index is 0.0985. The lowest BCUT2D eigenvalue weighted by atomic mass is 9.89. The van der Waals surface area contributed by atoms with Gasteiger partial charge in [-0.1, -0.05) is 12.8 Å². The van der Waals surface area contributed by atoms with E-state index in [2.05, 4.69) is 4.90 Å². The molecule has 1 aromatic carbocycles. The highest BCUT2D eigenvalue weighted by Gasteiger charge is 2.34. The fourth-order valence-electron chi connectivity index (χ4n) is 3.71. The zero-order valence-corrected chi connectivity index (χ0v) is 13.5. The summed E-state index contributed by atoms with van der Waals surface area (Å²) in [5.41, 5.74) is 1.85. The molecule has 0 N–H and O–H groups in total. The number of Topliss-reactive ketones (excluding diaryl/α,β-unsaturated/α-hetero) is 1. The average Bonchev–Trinajstić information content (AvgIpc) is 2.55. The maximum absolute atomic E-state index is 11.6. The molecule has 0 radical (unpaired) electrons. The molecule has 0 aromatic heterocycles. The van der Waals surface area contributed by atoms with Gasteiger partial charge < -0.3 is 9.47 Å². The van der Waals surface area contributed by atoms with Crippen molar-refractivity contribution in [2.24, 2.45) is 0 Å². The summed E-state index contributed by atoms with van der Waals surface area (Å²) in [5, 5.41) is 0. The van der Waals surface area contributed by atoms with Crippen molar-refractivity contribution in [3.8, 4) is 5.75 Å². The quantitative estimate of drug-likeness (QED) is 0.801. The van der Waals surface area contributed by atoms with Crippen LogP contribution in [-0.2, 0) is 11.3 Å². The number of nitrogens with zero attached hydrogens (tertiary/aromatic N) is 1. The molecule has 1 heterocycles. The second kappa shape index (κ2) is 6.80. The Hall–Kier alpha value is -1.39. The van der Waals surface area contributed by atoms with Crippen molar-refractivity contribution in [2.45, 2.75) is 51.3 Å². The summed E-state index contributed by atoms with van der Waals surface area (Å²) in [6.45, 7) is 4.19. The smallest absolute Gasteiger partial charge is 0.159 e. The van der Waals surface area contributed by atoms with Crippen molar-refractivity contribution in [2.75, 3.05) is 20.3 Å². The van der Waals surface area contributed by atoms with Gasteiger partial charge in [0.15, 0.2) is 5.78 Å². The Morgan fingerprint density at radius 1 is 1.36 bits per heavy atom. The lowest BCUT2D eigenvalue weighted by molar-refractivity contribution is -0.0912. The van der Waals surface area contributed by atoms with E-state index >= 15 is 0 Å². The Balaban J connectivity index is 1.81. The summed E-state index contributed by atoms with van der Waals surface area (Å²) < 4.78 is 11.4. The van der Waals surface area contributed by atoms with Gasteiger partial charge in [0, 0.05) is 30.3 Å². The Bertz CT molecular complexity index is 541. The minimum Gasteiger partial charge on any atom is -0.496 e. The second-order valence-electron chi connectivity index (χ2n) is 6.31. The van der Waals surface area contributed by atoms with Gasteiger partial charge >= 0.3 is 0 Å². The number of ether oxygens (including phenoxy) is 2. The van der Waals surface area contributed by atoms with Gasteiger partial charge in [-0.15, -0.1) is 0 Å². The molecule has 0 bridgehead atoms. The molecule has 120 valence electrons. The molecule has 1 aliphatic heterocycles. The van der Waals surface area contributed by atoms with Crippen molar-refractivity contribution < 1.29 is 14.3 Å². The first-order valence-corrected chi connectivity index (χ1v) is 8.22. The Morgan fingerprint density at radius 2 is 2.18 bits per heavy atom. The maximum atomic E-state index is 11.6. The first kappa shape index (κ1) is 15.5. The molecule has 0 unspecified atom stereocenters. The molecule has 2 fully saturated rings. The van der Waals surface area contributed by atoms with E-state index in [1.807, 2.05) is 18.2 Å². The predicted molar refractivity (Wildman–Crippen MR) is 85.4 cm³/mol. The molecular formula is C18H25NO3. The van der Waals surface area contributed by atoms with Crippen molar-refractivity contribution in [3.05, 3.63) is 29.3 Å². The van der Waals surface area contributed by atoms with Gasteiger partial charge in [-0.25, -0.2) is 0 Å². The topological polar surface area (TPSA) is 38.8 Å². The van der Waals surface area contributed by atoms with E-state index in [-0.39, 0.29) is 5.78 Å². The third-order valence-electron chi connectivity index (χ3n) is 4.91. The van der Waals surface area contributed by atoms with Gasteiger partial charge in [0.25, 0.3) is 0 Å². The first-order chi connectivity index (χ1) is 10.7. The van der Waals surface area contributed by atoms with Crippen molar-refractivity contribution in [1.29, 1.82) is 0 Å². The van der Waals surface area contributed by atoms with Crippen LogP contribution in [0.25, 0.3) is 0 Å². The molecule has 4 heteroatoms. The first-order valence-electron chi connectivity index (χ1n) is 8.22. The molecule has 2 aliphatic rings. The van der Waals surface area contributed by atoms with Gasteiger partial charge in [-0.2, -0.15) is 0 Å². The highest BCUT2D eigenvalue weighted by molar-refractivity contribution is 5.94. The summed E-state index contributed by atoms with van der Waals surface area (Å²) >= 11 is 0. The monoisotopic (exact) mass is 303 g/mol. The van der Waals surface area contributed by atoms with E-state index < -0.39 is 0 Å². The molecule has 0 amide bonds. The fraction of sp³-hybridized carbons (Fsp3) is 0.611. The molecule has 3 rings (SSSR count). The van der Waals surface area contributed by atoms with Gasteiger partial charge in [0.05, 0.1) is 19.8 Å². The summed E-state index contributed by atoms with van der Waals surface area (Å²) in [4.78, 5) is 14.2. The molecule has 4 nitrogen and oxygen atoms in total. The SMILES string of the molecule is COc1ccc(C(C)=O)cc1CN1CCO[C@@H]2CCCC[C@@H]21. The number of morpholine rings is 1. The van der Waals surface area contributed by atoms with E-state index in [9.17, 15) is 4.79 Å². The molecule has 1 saturated carbocycles. The van der Waals surface area contributed by atoms with Crippen LogP contribution in [0.2, 0.25) is 0 Å². The maximum Gasteiger partial charge on any atom is 0.159 e. The molecule has 1 saturated heterocycles. The van der Waals surface area contributed by atoms with Crippen LogP contribution >= 0.6 is 0 Å². The summed E-state index contributed by atoms with van der Waals surface area (Å²) in [6.07, 6.45) is 5.32. The van der Waals surface area contributed by atoms with Crippen LogP contribution in [-0.4, -0.2) is 43.1 Å². The van der Waals surface area contributed by atoms with Gasteiger partial charge in [0.1, 0.15) is 5.75 Å². The van der Waals surface area contributed by atoms with Crippen molar-refractivity contribution >= 4 is 5.78 Å². The average molecular weight is 303 g/mol. The lowest BCUT2D eigenvalue weighted by Crippen LogP contribution is -2.52. The number of fused-ring (bicyclic) bond motifs is 1. The normalized spacial score (nSPS) is 25.5. The minimum absolute atomic E-state index is 0.0985. The largest absolute Gasteiger partial charge is 0.496 e. The van der Waals surface area contributed by atoms with Crippen LogP contribution in [0.4, 0.5) is 0 Å². The van der Waals surface area contributed by atoms with E-state index in [0.717, 1.165) is 36.6 Å². The van der Waals surface area contributed by atoms with Crippen LogP contribution < -0.4 is 4.74 Å². The lowest BCUT2D eigenvalue weighted by Gasteiger charge is -2.44. The zero-order chi connectivity index (χ0) is 15.5. The number of methoxy groups -OCH3 is 1. The predicted octanol–water partition coefficient (Wildman–Crippen LogP) is 3.04. The molecule has 22 heavy (non-hydrogen) atoms. The number of rotatable bonds is 4. The van der Waals surface area contributed by atoms with Crippen molar-refractivity contribution in [1.82, 2.24) is 4.90 Å². The summed E-state index contributed by atoms with van der Waals surface area (Å²) in [6, 6.07) is 6.24. The van der Waals surface area contributed by atoms with Crippen LogP contribution in [0, 0.1) is 0 Å². The van der Waals surface area contributed by atoms with Crippen LogP contribution in [0.3, 0.4) is 0 Å². The molecule has 0 spiro atoms. The number of ketones is 1. The van der Waals surface area contributed by atoms with E-state index in [0.29, 0.717) is 12.1 Å². The Kier molecular flexibility index (Phi) is 4.79. The molecule has 1 aliphatic carbocycles.